The fourth-order valence-corrected chi connectivity index (χ4v) is 2.74. The number of fused-ring (bicyclic) bond motifs is 1. The highest BCUT2D eigenvalue weighted by atomic mass is 16.3. The lowest BCUT2D eigenvalue weighted by atomic mass is 10.0. The zero-order valence-electron chi connectivity index (χ0n) is 13.0. The number of aryl methyl sites for hydroxylation is 1. The molecule has 0 amide bonds. The summed E-state index contributed by atoms with van der Waals surface area (Å²) in [5.41, 5.74) is 3.38. The molecule has 3 rings (SSSR count). The topological polar surface area (TPSA) is 65.1 Å². The van der Waals surface area contributed by atoms with Gasteiger partial charge in [0, 0.05) is 24.2 Å². The van der Waals surface area contributed by atoms with E-state index in [9.17, 15) is 9.90 Å². The SMILES string of the molecule is Cc1ccccc1C(O)CNCc1cc2ccccc2[nH]c1=O. The molecular weight excluding hydrogens is 288 g/mol. The molecule has 0 saturated carbocycles. The number of aromatic nitrogens is 1. The second kappa shape index (κ2) is 6.77. The molecule has 2 aromatic carbocycles. The van der Waals surface area contributed by atoms with E-state index < -0.39 is 6.10 Å². The first-order valence-electron chi connectivity index (χ1n) is 7.70. The molecule has 1 aromatic heterocycles. The van der Waals surface area contributed by atoms with Crippen LogP contribution >= 0.6 is 0 Å². The summed E-state index contributed by atoms with van der Waals surface area (Å²) in [7, 11) is 0. The zero-order chi connectivity index (χ0) is 16.2. The van der Waals surface area contributed by atoms with Crippen LogP contribution < -0.4 is 10.9 Å². The average molecular weight is 308 g/mol. The first-order chi connectivity index (χ1) is 11.1. The van der Waals surface area contributed by atoms with E-state index in [0.717, 1.165) is 22.0 Å². The normalized spacial score (nSPS) is 12.4. The fourth-order valence-electron chi connectivity index (χ4n) is 2.74. The Hall–Kier alpha value is -2.43. The molecule has 0 spiro atoms. The summed E-state index contributed by atoms with van der Waals surface area (Å²) in [4.78, 5) is 15.0. The van der Waals surface area contributed by atoms with Crippen LogP contribution in [0.25, 0.3) is 10.9 Å². The van der Waals surface area contributed by atoms with Gasteiger partial charge in [-0.3, -0.25) is 4.79 Å². The fraction of sp³-hybridized carbons (Fsp3) is 0.211. The number of aliphatic hydroxyl groups excluding tert-OH is 1. The van der Waals surface area contributed by atoms with E-state index in [2.05, 4.69) is 10.3 Å². The van der Waals surface area contributed by atoms with Gasteiger partial charge in [0.05, 0.1) is 6.10 Å². The van der Waals surface area contributed by atoms with Crippen molar-refractivity contribution in [3.8, 4) is 0 Å². The predicted octanol–water partition coefficient (Wildman–Crippen LogP) is 2.66. The van der Waals surface area contributed by atoms with E-state index in [1.807, 2.05) is 61.5 Å². The number of hydrogen-bond donors (Lipinski definition) is 3. The molecule has 1 unspecified atom stereocenters. The van der Waals surface area contributed by atoms with E-state index in [1.165, 1.54) is 0 Å². The summed E-state index contributed by atoms with van der Waals surface area (Å²) in [5.74, 6) is 0. The number of nitrogens with one attached hydrogen (secondary N) is 2. The maximum atomic E-state index is 12.1. The number of benzene rings is 2. The molecule has 3 N–H and O–H groups in total. The Kier molecular flexibility index (Phi) is 4.55. The van der Waals surface area contributed by atoms with Crippen LogP contribution in [0.5, 0.6) is 0 Å². The van der Waals surface area contributed by atoms with E-state index in [-0.39, 0.29) is 5.56 Å². The number of hydrogen-bond acceptors (Lipinski definition) is 3. The van der Waals surface area contributed by atoms with Gasteiger partial charge in [-0.15, -0.1) is 0 Å². The first-order valence-corrected chi connectivity index (χ1v) is 7.70. The van der Waals surface area contributed by atoms with Gasteiger partial charge in [-0.1, -0.05) is 42.5 Å². The lowest BCUT2D eigenvalue weighted by molar-refractivity contribution is 0.173. The first kappa shape index (κ1) is 15.5. The highest BCUT2D eigenvalue weighted by Gasteiger charge is 2.10. The highest BCUT2D eigenvalue weighted by Crippen LogP contribution is 2.16. The molecule has 0 aliphatic carbocycles. The van der Waals surface area contributed by atoms with Gasteiger partial charge in [-0.2, -0.15) is 0 Å². The quantitative estimate of drug-likeness (QED) is 0.679. The van der Waals surface area contributed by atoms with E-state index in [4.69, 9.17) is 0 Å². The molecule has 0 radical (unpaired) electrons. The van der Waals surface area contributed by atoms with E-state index >= 15 is 0 Å². The summed E-state index contributed by atoms with van der Waals surface area (Å²) in [6.07, 6.45) is -0.587. The number of rotatable bonds is 5. The molecule has 0 aliphatic heterocycles. The molecule has 0 fully saturated rings. The number of para-hydroxylation sites is 1. The molecule has 1 heterocycles. The van der Waals surface area contributed by atoms with Crippen molar-refractivity contribution in [2.75, 3.05) is 6.54 Å². The van der Waals surface area contributed by atoms with Crippen LogP contribution in [-0.4, -0.2) is 16.6 Å². The van der Waals surface area contributed by atoms with Crippen molar-refractivity contribution < 1.29 is 5.11 Å². The van der Waals surface area contributed by atoms with Crippen molar-refractivity contribution in [3.05, 3.63) is 81.6 Å². The standard InChI is InChI=1S/C19H20N2O2/c1-13-6-2-4-8-16(13)18(22)12-20-11-15-10-14-7-3-5-9-17(14)21-19(15)23/h2-10,18,20,22H,11-12H2,1H3,(H,21,23). The van der Waals surface area contributed by atoms with Crippen LogP contribution in [0.3, 0.4) is 0 Å². The Morgan fingerprint density at radius 2 is 1.87 bits per heavy atom. The van der Waals surface area contributed by atoms with Gasteiger partial charge in [-0.05, 0) is 35.6 Å². The van der Waals surface area contributed by atoms with Gasteiger partial charge in [-0.25, -0.2) is 0 Å². The number of H-pyrrole nitrogens is 1. The van der Waals surface area contributed by atoms with Gasteiger partial charge < -0.3 is 15.4 Å². The summed E-state index contributed by atoms with van der Waals surface area (Å²) in [6.45, 7) is 2.80. The van der Waals surface area contributed by atoms with Crippen molar-refractivity contribution in [2.45, 2.75) is 19.6 Å². The van der Waals surface area contributed by atoms with Crippen LogP contribution in [0.2, 0.25) is 0 Å². The van der Waals surface area contributed by atoms with Crippen molar-refractivity contribution >= 4 is 10.9 Å². The molecule has 4 heteroatoms. The third-order valence-electron chi connectivity index (χ3n) is 4.03. The Morgan fingerprint density at radius 1 is 1.13 bits per heavy atom. The molecule has 3 aromatic rings. The van der Waals surface area contributed by atoms with Gasteiger partial charge in [0.1, 0.15) is 0 Å². The van der Waals surface area contributed by atoms with Crippen molar-refractivity contribution in [2.24, 2.45) is 0 Å². The van der Waals surface area contributed by atoms with E-state index in [1.54, 1.807) is 0 Å². The Bertz CT molecular complexity index is 870. The van der Waals surface area contributed by atoms with Crippen molar-refractivity contribution in [3.63, 3.8) is 0 Å². The third kappa shape index (κ3) is 3.50. The molecule has 0 aliphatic rings. The Morgan fingerprint density at radius 3 is 2.70 bits per heavy atom. The summed E-state index contributed by atoms with van der Waals surface area (Å²) >= 11 is 0. The van der Waals surface area contributed by atoms with Gasteiger partial charge in [0.15, 0.2) is 0 Å². The maximum Gasteiger partial charge on any atom is 0.252 e. The Balaban J connectivity index is 1.68. The molecule has 0 bridgehead atoms. The van der Waals surface area contributed by atoms with Gasteiger partial charge >= 0.3 is 0 Å². The van der Waals surface area contributed by atoms with Crippen molar-refractivity contribution in [1.29, 1.82) is 0 Å². The number of aliphatic hydroxyl groups is 1. The van der Waals surface area contributed by atoms with Crippen LogP contribution in [0.15, 0.2) is 59.4 Å². The second-order valence-corrected chi connectivity index (χ2v) is 5.71. The largest absolute Gasteiger partial charge is 0.387 e. The molecule has 4 nitrogen and oxygen atoms in total. The second-order valence-electron chi connectivity index (χ2n) is 5.71. The zero-order valence-corrected chi connectivity index (χ0v) is 13.0. The third-order valence-corrected chi connectivity index (χ3v) is 4.03. The Labute approximate surface area is 134 Å². The predicted molar refractivity (Wildman–Crippen MR) is 92.4 cm³/mol. The van der Waals surface area contributed by atoms with Gasteiger partial charge in [0.25, 0.3) is 5.56 Å². The molecule has 23 heavy (non-hydrogen) atoms. The minimum Gasteiger partial charge on any atom is -0.387 e. The maximum absolute atomic E-state index is 12.1. The summed E-state index contributed by atoms with van der Waals surface area (Å²) in [5, 5.41) is 14.4. The average Bonchev–Trinajstić information content (AvgIpc) is 2.55. The molecular formula is C19H20N2O2. The van der Waals surface area contributed by atoms with Crippen LogP contribution in [0.1, 0.15) is 22.8 Å². The highest BCUT2D eigenvalue weighted by molar-refractivity contribution is 5.78. The van der Waals surface area contributed by atoms with Gasteiger partial charge in [0.2, 0.25) is 0 Å². The molecule has 1 atom stereocenters. The van der Waals surface area contributed by atoms with Crippen LogP contribution in [0.4, 0.5) is 0 Å². The lowest BCUT2D eigenvalue weighted by Gasteiger charge is -2.14. The lowest BCUT2D eigenvalue weighted by Crippen LogP contribution is -2.25. The van der Waals surface area contributed by atoms with Crippen LogP contribution in [-0.2, 0) is 6.54 Å². The smallest absolute Gasteiger partial charge is 0.252 e. The van der Waals surface area contributed by atoms with Crippen molar-refractivity contribution in [1.82, 2.24) is 10.3 Å². The number of pyridine rings is 1. The monoisotopic (exact) mass is 308 g/mol. The van der Waals surface area contributed by atoms with E-state index in [0.29, 0.717) is 18.7 Å². The number of aromatic amines is 1. The molecule has 0 saturated heterocycles. The summed E-state index contributed by atoms with van der Waals surface area (Å²) in [6, 6.07) is 17.4. The molecule has 118 valence electrons. The minimum atomic E-state index is -0.587. The van der Waals surface area contributed by atoms with Crippen LogP contribution in [0, 0.1) is 6.92 Å². The summed E-state index contributed by atoms with van der Waals surface area (Å²) < 4.78 is 0. The minimum absolute atomic E-state index is 0.0958.